The van der Waals surface area contributed by atoms with Gasteiger partial charge in [0.1, 0.15) is 5.75 Å². The maximum atomic E-state index is 12.8. The van der Waals surface area contributed by atoms with Crippen LogP contribution in [0.25, 0.3) is 21.5 Å². The molecule has 7 aromatic carbocycles. The fourth-order valence-corrected chi connectivity index (χ4v) is 7.76. The number of anilines is 7. The monoisotopic (exact) mass is 769 g/mol. The fraction of sp³-hybridized carbons (Fsp3) is 0.204. The first-order valence-corrected chi connectivity index (χ1v) is 20.4. The topological polar surface area (TPSA) is 102 Å². The minimum Gasteiger partial charge on any atom is -0.423 e. The van der Waals surface area contributed by atoms with Crippen LogP contribution in [0.5, 0.6) is 5.75 Å². The molecular formula is C49H51N7O2. The smallest absolute Gasteiger partial charge is 0.343 e. The maximum Gasteiger partial charge on any atom is 0.343 e. The van der Waals surface area contributed by atoms with Gasteiger partial charge in [0.05, 0.1) is 39.7 Å². The van der Waals surface area contributed by atoms with Crippen molar-refractivity contribution in [2.45, 2.75) is 52.9 Å². The van der Waals surface area contributed by atoms with E-state index in [1.807, 2.05) is 54.6 Å². The van der Waals surface area contributed by atoms with Crippen LogP contribution in [-0.4, -0.2) is 19.1 Å². The van der Waals surface area contributed by atoms with E-state index in [9.17, 15) is 4.79 Å². The van der Waals surface area contributed by atoms with Crippen LogP contribution < -0.4 is 42.2 Å². The highest BCUT2D eigenvalue weighted by Crippen LogP contribution is 2.35. The number of carbonyl (C=O) groups excluding carboxylic acids is 1. The lowest BCUT2D eigenvalue weighted by molar-refractivity contribution is 0.0734. The minimum atomic E-state index is -0.391. The van der Waals surface area contributed by atoms with Gasteiger partial charge in [0, 0.05) is 40.3 Å². The normalized spacial score (nSPS) is 12.2. The van der Waals surface area contributed by atoms with Gasteiger partial charge < -0.3 is 42.2 Å². The molecule has 1 aliphatic heterocycles. The third kappa shape index (κ3) is 8.44. The summed E-state index contributed by atoms with van der Waals surface area (Å²) < 4.78 is 5.59. The van der Waals surface area contributed by atoms with E-state index < -0.39 is 5.97 Å². The van der Waals surface area contributed by atoms with Crippen LogP contribution in [0, 0.1) is 6.92 Å². The number of hydrazine groups is 3. The standard InChI is InChI=1S/C49H51N7O2/c1-4-11-34-17-23-38(24-18-34)58-49(57)35-19-21-37(22-20-35)50-51-43-25-26-44(40-14-7-6-13-39(40)43)52-53-45-27-28-46(42-16-9-8-15-41(42)45)54-55-47-32-36-12-10-30-56(29-5-2)48(36)31-33(47)3/h6-9,13-28,31-32,50-55H,4-5,10-12,29-30H2,1-3H3. The van der Waals surface area contributed by atoms with Crippen LogP contribution in [-0.2, 0) is 12.8 Å². The van der Waals surface area contributed by atoms with Crippen molar-refractivity contribution >= 4 is 67.3 Å². The molecule has 0 atom stereocenters. The van der Waals surface area contributed by atoms with Gasteiger partial charge in [-0.1, -0.05) is 80.9 Å². The second kappa shape index (κ2) is 17.5. The van der Waals surface area contributed by atoms with Crippen molar-refractivity contribution in [1.82, 2.24) is 0 Å². The van der Waals surface area contributed by atoms with Crippen LogP contribution in [0.3, 0.4) is 0 Å². The highest BCUT2D eigenvalue weighted by molar-refractivity contribution is 6.04. The lowest BCUT2D eigenvalue weighted by Gasteiger charge is -2.32. The van der Waals surface area contributed by atoms with E-state index >= 15 is 0 Å². The molecule has 8 rings (SSSR count). The molecule has 0 spiro atoms. The average Bonchev–Trinajstić information content (AvgIpc) is 3.26. The number of hydrogen-bond acceptors (Lipinski definition) is 9. The van der Waals surface area contributed by atoms with Gasteiger partial charge in [-0.3, -0.25) is 0 Å². The Morgan fingerprint density at radius 3 is 1.67 bits per heavy atom. The quantitative estimate of drug-likeness (QED) is 0.0346. The van der Waals surface area contributed by atoms with E-state index in [0.29, 0.717) is 11.3 Å². The predicted octanol–water partition coefficient (Wildman–Crippen LogP) is 12.0. The number of benzene rings is 7. The number of aryl methyl sites for hydroxylation is 3. The molecule has 0 radical (unpaired) electrons. The highest BCUT2D eigenvalue weighted by atomic mass is 16.5. The van der Waals surface area contributed by atoms with Crippen molar-refractivity contribution in [3.63, 3.8) is 0 Å². The Morgan fingerprint density at radius 1 is 0.603 bits per heavy atom. The van der Waals surface area contributed by atoms with Crippen molar-refractivity contribution in [2.24, 2.45) is 0 Å². The molecule has 6 N–H and O–H groups in total. The molecule has 0 aliphatic carbocycles. The van der Waals surface area contributed by atoms with Gasteiger partial charge in [0.2, 0.25) is 0 Å². The van der Waals surface area contributed by atoms with Crippen molar-refractivity contribution in [3.05, 3.63) is 156 Å². The summed E-state index contributed by atoms with van der Waals surface area (Å²) in [5.74, 6) is 0.147. The van der Waals surface area contributed by atoms with E-state index in [-0.39, 0.29) is 0 Å². The SMILES string of the molecule is CCCc1ccc(OC(=O)c2ccc(NNc3ccc(NNc4ccc(NNc5cc6c(cc5C)N(CCC)CCC6)c5ccccc45)c4ccccc34)cc2)cc1. The summed E-state index contributed by atoms with van der Waals surface area (Å²) in [4.78, 5) is 15.3. The number of ether oxygens (including phenoxy) is 1. The Kier molecular flexibility index (Phi) is 11.5. The van der Waals surface area contributed by atoms with E-state index in [2.05, 4.69) is 125 Å². The Morgan fingerprint density at radius 2 is 1.14 bits per heavy atom. The van der Waals surface area contributed by atoms with E-state index in [4.69, 9.17) is 4.74 Å². The molecular weight excluding hydrogens is 719 g/mol. The summed E-state index contributed by atoms with van der Waals surface area (Å²) in [5, 5.41) is 4.28. The first-order valence-electron chi connectivity index (χ1n) is 20.4. The van der Waals surface area contributed by atoms with Crippen LogP contribution in [0.2, 0.25) is 0 Å². The van der Waals surface area contributed by atoms with Crippen molar-refractivity contribution in [2.75, 3.05) is 50.5 Å². The zero-order chi connectivity index (χ0) is 39.8. The van der Waals surface area contributed by atoms with Crippen LogP contribution >= 0.6 is 0 Å². The molecule has 0 saturated carbocycles. The van der Waals surface area contributed by atoms with Gasteiger partial charge in [0.25, 0.3) is 0 Å². The lowest BCUT2D eigenvalue weighted by Crippen LogP contribution is -2.30. The van der Waals surface area contributed by atoms with E-state index in [1.165, 1.54) is 28.8 Å². The molecule has 7 aromatic rings. The molecule has 1 aliphatic rings. The summed E-state index contributed by atoms with van der Waals surface area (Å²) >= 11 is 0. The Balaban J connectivity index is 0.917. The summed E-state index contributed by atoms with van der Waals surface area (Å²) in [6.45, 7) is 8.81. The molecule has 1 heterocycles. The lowest BCUT2D eigenvalue weighted by atomic mass is 9.98. The van der Waals surface area contributed by atoms with Gasteiger partial charge in [-0.25, -0.2) is 4.79 Å². The van der Waals surface area contributed by atoms with Gasteiger partial charge >= 0.3 is 5.97 Å². The number of nitrogens with one attached hydrogen (secondary N) is 6. The molecule has 0 unspecified atom stereocenters. The molecule has 9 heteroatoms. The second-order valence-corrected chi connectivity index (χ2v) is 14.9. The number of nitrogens with zero attached hydrogens (tertiary/aromatic N) is 1. The number of fused-ring (bicyclic) bond motifs is 3. The number of rotatable bonds is 15. The Hall–Kier alpha value is -6.87. The zero-order valence-corrected chi connectivity index (χ0v) is 33.4. The molecule has 294 valence electrons. The molecule has 0 fully saturated rings. The molecule has 0 amide bonds. The fourth-order valence-electron chi connectivity index (χ4n) is 7.76. The average molecular weight is 770 g/mol. The third-order valence-electron chi connectivity index (χ3n) is 10.8. The van der Waals surface area contributed by atoms with Crippen molar-refractivity contribution in [1.29, 1.82) is 0 Å². The molecule has 58 heavy (non-hydrogen) atoms. The maximum absolute atomic E-state index is 12.8. The summed E-state index contributed by atoms with van der Waals surface area (Å²) in [6, 6.07) is 44.5. The van der Waals surface area contributed by atoms with Gasteiger partial charge in [-0.05, 0) is 122 Å². The number of carbonyl (C=O) groups is 1. The highest BCUT2D eigenvalue weighted by Gasteiger charge is 2.18. The second-order valence-electron chi connectivity index (χ2n) is 14.9. The number of esters is 1. The minimum absolute atomic E-state index is 0.391. The largest absolute Gasteiger partial charge is 0.423 e. The third-order valence-corrected chi connectivity index (χ3v) is 10.8. The van der Waals surface area contributed by atoms with Crippen LogP contribution in [0.4, 0.5) is 39.8 Å². The summed E-state index contributed by atoms with van der Waals surface area (Å²) in [5.41, 5.74) is 32.1. The van der Waals surface area contributed by atoms with Gasteiger partial charge in [-0.15, -0.1) is 0 Å². The molecule has 9 nitrogen and oxygen atoms in total. The molecule has 0 aromatic heterocycles. The Bertz CT molecular complexity index is 2540. The zero-order valence-electron chi connectivity index (χ0n) is 33.4. The molecule has 0 bridgehead atoms. The summed E-state index contributed by atoms with van der Waals surface area (Å²) in [6.07, 6.45) is 5.53. The van der Waals surface area contributed by atoms with Crippen molar-refractivity contribution in [3.8, 4) is 5.75 Å². The van der Waals surface area contributed by atoms with Crippen molar-refractivity contribution < 1.29 is 9.53 Å². The van der Waals surface area contributed by atoms with Crippen LogP contribution in [0.15, 0.2) is 133 Å². The van der Waals surface area contributed by atoms with E-state index in [0.717, 1.165) is 94.4 Å². The summed E-state index contributed by atoms with van der Waals surface area (Å²) in [7, 11) is 0. The van der Waals surface area contributed by atoms with Crippen LogP contribution in [0.1, 0.15) is 60.2 Å². The number of hydrogen-bond donors (Lipinski definition) is 6. The van der Waals surface area contributed by atoms with E-state index in [1.54, 1.807) is 12.1 Å². The van der Waals surface area contributed by atoms with Gasteiger partial charge in [-0.2, -0.15) is 0 Å². The van der Waals surface area contributed by atoms with Gasteiger partial charge in [0.15, 0.2) is 0 Å². The first-order chi connectivity index (χ1) is 28.5. The predicted molar refractivity (Wildman–Crippen MR) is 243 cm³/mol. The first kappa shape index (κ1) is 38.0. The Labute approximate surface area is 340 Å². The molecule has 0 saturated heterocycles.